The summed E-state index contributed by atoms with van der Waals surface area (Å²) >= 11 is 1.47. The molecule has 1 heterocycles. The number of benzene rings is 3. The van der Waals surface area contributed by atoms with Crippen LogP contribution in [-0.4, -0.2) is 12.9 Å². The summed E-state index contributed by atoms with van der Waals surface area (Å²) in [5.41, 5.74) is 3.53. The van der Waals surface area contributed by atoms with E-state index in [1.807, 2.05) is 91.0 Å². The van der Waals surface area contributed by atoms with E-state index < -0.39 is 0 Å². The van der Waals surface area contributed by atoms with Gasteiger partial charge in [0.05, 0.1) is 22.6 Å². The minimum Gasteiger partial charge on any atom is -0.497 e. The van der Waals surface area contributed by atoms with Crippen molar-refractivity contribution in [1.29, 1.82) is 0 Å². The van der Waals surface area contributed by atoms with Gasteiger partial charge in [-0.25, -0.2) is 0 Å². The molecule has 4 rings (SSSR count). The Morgan fingerprint density at radius 3 is 2.14 bits per heavy atom. The van der Waals surface area contributed by atoms with Gasteiger partial charge in [0.25, 0.3) is 0 Å². The molecule has 1 aliphatic heterocycles. The molecule has 28 heavy (non-hydrogen) atoms. The van der Waals surface area contributed by atoms with Crippen molar-refractivity contribution >= 4 is 34.9 Å². The Balaban J connectivity index is 1.70. The lowest BCUT2D eigenvalue weighted by atomic mass is 10.0. The summed E-state index contributed by atoms with van der Waals surface area (Å²) in [6.45, 7) is 0. The van der Waals surface area contributed by atoms with Crippen molar-refractivity contribution in [2.24, 2.45) is 0 Å². The second-order valence-electron chi connectivity index (χ2n) is 6.27. The van der Waals surface area contributed by atoms with E-state index in [-0.39, 0.29) is 5.78 Å². The Labute approximate surface area is 168 Å². The lowest BCUT2D eigenvalue weighted by Crippen LogP contribution is -2.01. The molecule has 1 aliphatic rings. The molecule has 0 saturated carbocycles. The third-order valence-corrected chi connectivity index (χ3v) is 5.43. The molecule has 0 atom stereocenters. The number of Topliss-reactive ketones (excluding diaryl/α,β-unsaturated/α-hetero) is 1. The minimum absolute atomic E-state index is 0.0328. The Kier molecular flexibility index (Phi) is 5.31. The largest absolute Gasteiger partial charge is 0.497 e. The molecule has 0 aromatic heterocycles. The first-order chi connectivity index (χ1) is 13.7. The first-order valence-electron chi connectivity index (χ1n) is 8.94. The summed E-state index contributed by atoms with van der Waals surface area (Å²) in [6.07, 6.45) is 1.93. The highest BCUT2D eigenvalue weighted by Crippen LogP contribution is 2.43. The highest BCUT2D eigenvalue weighted by atomic mass is 32.2. The molecule has 0 aliphatic carbocycles. The summed E-state index contributed by atoms with van der Waals surface area (Å²) in [5, 5.41) is 4.26. The Bertz CT molecular complexity index is 1040. The van der Waals surface area contributed by atoms with Gasteiger partial charge in [0.15, 0.2) is 0 Å². The maximum Gasteiger partial charge on any atom is 0.203 e. The van der Waals surface area contributed by atoms with Crippen LogP contribution in [-0.2, 0) is 4.79 Å². The van der Waals surface area contributed by atoms with Crippen LogP contribution in [0.3, 0.4) is 0 Å². The van der Waals surface area contributed by atoms with Crippen molar-refractivity contribution in [2.75, 3.05) is 12.4 Å². The molecular weight excluding hydrogens is 366 g/mol. The minimum atomic E-state index is 0.0328. The number of allylic oxidation sites excluding steroid dienone is 2. The van der Waals surface area contributed by atoms with Gasteiger partial charge < -0.3 is 10.1 Å². The number of anilines is 1. The van der Waals surface area contributed by atoms with E-state index in [1.165, 1.54) is 11.8 Å². The molecule has 138 valence electrons. The molecule has 0 spiro atoms. The van der Waals surface area contributed by atoms with E-state index in [4.69, 9.17) is 4.74 Å². The molecule has 3 aromatic rings. The standard InChI is InChI=1S/C24H19NO2S/c1-27-20-14-12-17(13-15-20)16-21-23(26)22(18-8-4-2-5-9-18)24(28-21)25-19-10-6-3-7-11-19/h2-16,25H,1H3/b21-16-. The molecule has 3 aromatic carbocycles. The van der Waals surface area contributed by atoms with Gasteiger partial charge in [-0.1, -0.05) is 72.4 Å². The Morgan fingerprint density at radius 2 is 1.50 bits per heavy atom. The number of nitrogens with one attached hydrogen (secondary N) is 1. The Hall–Kier alpha value is -3.24. The van der Waals surface area contributed by atoms with E-state index in [2.05, 4.69) is 5.32 Å². The van der Waals surface area contributed by atoms with Crippen molar-refractivity contribution in [2.45, 2.75) is 0 Å². The molecule has 1 N–H and O–H groups in total. The first-order valence-corrected chi connectivity index (χ1v) is 9.76. The number of para-hydroxylation sites is 1. The van der Waals surface area contributed by atoms with Gasteiger partial charge in [-0.2, -0.15) is 0 Å². The van der Waals surface area contributed by atoms with Crippen LogP contribution in [0.2, 0.25) is 0 Å². The highest BCUT2D eigenvalue weighted by molar-refractivity contribution is 8.08. The fourth-order valence-corrected chi connectivity index (χ4v) is 4.08. The van der Waals surface area contributed by atoms with Gasteiger partial charge in [-0.15, -0.1) is 0 Å². The van der Waals surface area contributed by atoms with E-state index >= 15 is 0 Å². The van der Waals surface area contributed by atoms with Gasteiger partial charge in [0.2, 0.25) is 5.78 Å². The number of ketones is 1. The van der Waals surface area contributed by atoms with Gasteiger partial charge in [-0.05, 0) is 41.5 Å². The lowest BCUT2D eigenvalue weighted by Gasteiger charge is -2.08. The predicted octanol–water partition coefficient (Wildman–Crippen LogP) is 5.83. The van der Waals surface area contributed by atoms with Crippen LogP contribution < -0.4 is 10.1 Å². The number of ether oxygens (including phenoxy) is 1. The van der Waals surface area contributed by atoms with Crippen LogP contribution in [0, 0.1) is 0 Å². The maximum absolute atomic E-state index is 13.2. The summed E-state index contributed by atoms with van der Waals surface area (Å²) < 4.78 is 5.21. The zero-order chi connectivity index (χ0) is 19.3. The van der Waals surface area contributed by atoms with Crippen LogP contribution >= 0.6 is 11.8 Å². The second-order valence-corrected chi connectivity index (χ2v) is 7.33. The summed E-state index contributed by atoms with van der Waals surface area (Å²) in [6, 6.07) is 27.4. The maximum atomic E-state index is 13.2. The molecule has 3 nitrogen and oxygen atoms in total. The van der Waals surface area contributed by atoms with E-state index in [9.17, 15) is 4.79 Å². The zero-order valence-electron chi connectivity index (χ0n) is 15.4. The molecule has 0 saturated heterocycles. The topological polar surface area (TPSA) is 38.3 Å². The number of hydrogen-bond acceptors (Lipinski definition) is 4. The van der Waals surface area contributed by atoms with Crippen molar-refractivity contribution in [1.82, 2.24) is 0 Å². The second kappa shape index (κ2) is 8.19. The quantitative estimate of drug-likeness (QED) is 0.561. The average Bonchev–Trinajstić information content (AvgIpc) is 3.04. The van der Waals surface area contributed by atoms with Crippen LogP contribution in [0.25, 0.3) is 11.6 Å². The fraction of sp³-hybridized carbons (Fsp3) is 0.0417. The smallest absolute Gasteiger partial charge is 0.203 e. The molecule has 0 amide bonds. The molecule has 0 radical (unpaired) electrons. The van der Waals surface area contributed by atoms with Crippen LogP contribution in [0.5, 0.6) is 5.75 Å². The summed E-state index contributed by atoms with van der Waals surface area (Å²) in [4.78, 5) is 13.9. The average molecular weight is 385 g/mol. The van der Waals surface area contributed by atoms with Crippen LogP contribution in [0.1, 0.15) is 11.1 Å². The molecular formula is C24H19NO2S. The van der Waals surface area contributed by atoms with Gasteiger partial charge in [-0.3, -0.25) is 4.79 Å². The summed E-state index contributed by atoms with van der Waals surface area (Å²) in [5.74, 6) is 0.826. The van der Waals surface area contributed by atoms with Crippen molar-refractivity contribution in [3.05, 3.63) is 106 Å². The highest BCUT2D eigenvalue weighted by Gasteiger charge is 2.30. The monoisotopic (exact) mass is 385 g/mol. The zero-order valence-corrected chi connectivity index (χ0v) is 16.2. The number of thioether (sulfide) groups is 1. The Morgan fingerprint density at radius 1 is 0.857 bits per heavy atom. The third kappa shape index (κ3) is 3.87. The number of hydrogen-bond donors (Lipinski definition) is 1. The van der Waals surface area contributed by atoms with Crippen molar-refractivity contribution in [3.63, 3.8) is 0 Å². The van der Waals surface area contributed by atoms with E-state index in [1.54, 1.807) is 7.11 Å². The van der Waals surface area contributed by atoms with Crippen LogP contribution in [0.15, 0.2) is 94.9 Å². The SMILES string of the molecule is COc1ccc(/C=C2\SC(Nc3ccccc3)=C(c3ccccc3)C2=O)cc1. The summed E-state index contributed by atoms with van der Waals surface area (Å²) in [7, 11) is 1.64. The number of carbonyl (C=O) groups excluding carboxylic acids is 1. The van der Waals surface area contributed by atoms with Crippen LogP contribution in [0.4, 0.5) is 5.69 Å². The van der Waals surface area contributed by atoms with E-state index in [0.29, 0.717) is 10.5 Å². The van der Waals surface area contributed by atoms with Crippen molar-refractivity contribution < 1.29 is 9.53 Å². The number of rotatable bonds is 5. The van der Waals surface area contributed by atoms with Crippen molar-refractivity contribution in [3.8, 4) is 5.75 Å². The normalized spacial score (nSPS) is 15.2. The van der Waals surface area contributed by atoms with E-state index in [0.717, 1.165) is 27.6 Å². The van der Waals surface area contributed by atoms with Gasteiger partial charge >= 0.3 is 0 Å². The lowest BCUT2D eigenvalue weighted by molar-refractivity contribution is -0.109. The first kappa shape index (κ1) is 18.1. The third-order valence-electron chi connectivity index (χ3n) is 4.40. The molecule has 0 fully saturated rings. The number of methoxy groups -OCH3 is 1. The predicted molar refractivity (Wildman–Crippen MR) is 117 cm³/mol. The molecule has 4 heteroatoms. The molecule has 0 bridgehead atoms. The molecule has 0 unspecified atom stereocenters. The fourth-order valence-electron chi connectivity index (χ4n) is 2.99. The number of carbonyl (C=O) groups is 1. The van der Waals surface area contributed by atoms with Gasteiger partial charge in [0, 0.05) is 5.69 Å². The van der Waals surface area contributed by atoms with Gasteiger partial charge in [0.1, 0.15) is 5.75 Å².